The minimum Gasteiger partial charge on any atom is -0.479 e. The minimum absolute atomic E-state index is 0.0174. The first-order valence-electron chi connectivity index (χ1n) is 13.3. The van der Waals surface area contributed by atoms with Crippen LogP contribution in [0.3, 0.4) is 0 Å². The maximum atomic E-state index is 15.1. The van der Waals surface area contributed by atoms with Crippen molar-refractivity contribution in [2.45, 2.75) is 75.5 Å². The standard InChI is InChI=1S/C29H30F5NO5/c1-26-13-22(17-4-2-16(3-5-17)14-35-40-15-24(37)38)25-20-9-7-19(36)12-18(20)6-8-21(25)23(26)10-11-27(26,39)28(30,31)29(32,33)34/h2-5,12,14,21-23,39H,6-11,13,15H2,1H3,(H,37,38)/b35-14+/t21-,22+,23-,26-,27-/m0/s1. The summed E-state index contributed by atoms with van der Waals surface area (Å²) in [6.07, 6.45) is -1.82. The highest BCUT2D eigenvalue weighted by Gasteiger charge is 2.79. The molecule has 2 fully saturated rings. The number of oxime groups is 1. The van der Waals surface area contributed by atoms with E-state index in [1.54, 1.807) is 30.3 Å². The maximum absolute atomic E-state index is 15.1. The Morgan fingerprint density at radius 1 is 1.12 bits per heavy atom. The first-order chi connectivity index (χ1) is 18.7. The van der Waals surface area contributed by atoms with E-state index in [-0.39, 0.29) is 24.5 Å². The topological polar surface area (TPSA) is 96.2 Å². The van der Waals surface area contributed by atoms with Crippen LogP contribution >= 0.6 is 0 Å². The van der Waals surface area contributed by atoms with E-state index >= 15 is 8.78 Å². The molecule has 0 amide bonds. The molecule has 4 aliphatic carbocycles. The van der Waals surface area contributed by atoms with E-state index in [4.69, 9.17) is 5.11 Å². The van der Waals surface area contributed by atoms with Gasteiger partial charge < -0.3 is 15.1 Å². The van der Waals surface area contributed by atoms with Crippen molar-refractivity contribution in [1.29, 1.82) is 0 Å². The van der Waals surface area contributed by atoms with Gasteiger partial charge >= 0.3 is 18.1 Å². The van der Waals surface area contributed by atoms with E-state index in [0.29, 0.717) is 36.8 Å². The van der Waals surface area contributed by atoms with Crippen LogP contribution in [0.25, 0.3) is 0 Å². The molecule has 0 aromatic heterocycles. The Morgan fingerprint density at radius 2 is 1.82 bits per heavy atom. The molecule has 0 aliphatic heterocycles. The fourth-order valence-corrected chi connectivity index (χ4v) is 7.72. The van der Waals surface area contributed by atoms with Crippen LogP contribution in [-0.4, -0.2) is 52.5 Å². The second-order valence-electron chi connectivity index (χ2n) is 11.5. The maximum Gasteiger partial charge on any atom is 0.456 e. The number of fused-ring (bicyclic) bond motifs is 4. The number of aliphatic carboxylic acids is 1. The molecule has 5 rings (SSSR count). The number of hydrogen-bond donors (Lipinski definition) is 2. The van der Waals surface area contributed by atoms with Crippen molar-refractivity contribution in [1.82, 2.24) is 0 Å². The molecule has 2 saturated carbocycles. The number of benzene rings is 1. The van der Waals surface area contributed by atoms with E-state index in [2.05, 4.69) is 9.99 Å². The van der Waals surface area contributed by atoms with Gasteiger partial charge in [0.05, 0.1) is 6.21 Å². The molecule has 0 saturated heterocycles. The molecule has 0 heterocycles. The van der Waals surface area contributed by atoms with Gasteiger partial charge in [-0.15, -0.1) is 0 Å². The summed E-state index contributed by atoms with van der Waals surface area (Å²) in [5, 5.41) is 23.6. The van der Waals surface area contributed by atoms with Crippen molar-refractivity contribution in [2.75, 3.05) is 6.61 Å². The van der Waals surface area contributed by atoms with Gasteiger partial charge in [0.25, 0.3) is 0 Å². The Labute approximate surface area is 227 Å². The Morgan fingerprint density at radius 3 is 2.48 bits per heavy atom. The molecule has 0 unspecified atom stereocenters. The average Bonchev–Trinajstić information content (AvgIpc) is 3.17. The van der Waals surface area contributed by atoms with Crippen LogP contribution in [0.4, 0.5) is 22.0 Å². The molecule has 4 aliphatic rings. The molecule has 0 spiro atoms. The van der Waals surface area contributed by atoms with Crippen LogP contribution in [0.1, 0.15) is 68.9 Å². The zero-order chi connectivity index (χ0) is 29.1. The van der Waals surface area contributed by atoms with Gasteiger partial charge in [0.15, 0.2) is 5.78 Å². The number of carbonyl (C=O) groups excluding carboxylic acids is 1. The van der Waals surface area contributed by atoms with Crippen LogP contribution in [0.15, 0.2) is 52.2 Å². The fraction of sp³-hybridized carbons (Fsp3) is 0.552. The van der Waals surface area contributed by atoms with E-state index in [9.17, 15) is 27.9 Å². The van der Waals surface area contributed by atoms with Crippen molar-refractivity contribution in [3.63, 3.8) is 0 Å². The smallest absolute Gasteiger partial charge is 0.456 e. The van der Waals surface area contributed by atoms with Crippen molar-refractivity contribution < 1.29 is 46.6 Å². The van der Waals surface area contributed by atoms with Crippen molar-refractivity contribution in [2.24, 2.45) is 22.4 Å². The van der Waals surface area contributed by atoms with Gasteiger partial charge in [-0.1, -0.05) is 41.9 Å². The van der Waals surface area contributed by atoms with E-state index < -0.39 is 53.9 Å². The molecule has 0 radical (unpaired) electrons. The molecular weight excluding hydrogens is 537 g/mol. The lowest BCUT2D eigenvalue weighted by Gasteiger charge is -2.56. The Kier molecular flexibility index (Phi) is 6.96. The first kappa shape index (κ1) is 28.4. The van der Waals surface area contributed by atoms with E-state index in [1.807, 2.05) is 0 Å². The second-order valence-corrected chi connectivity index (χ2v) is 11.5. The second kappa shape index (κ2) is 9.78. The number of alkyl halides is 5. The van der Waals surface area contributed by atoms with Crippen LogP contribution in [0.2, 0.25) is 0 Å². The zero-order valence-corrected chi connectivity index (χ0v) is 21.8. The highest BCUT2D eigenvalue weighted by Crippen LogP contribution is 2.70. The number of allylic oxidation sites excluding steroid dienone is 4. The molecule has 2 N–H and O–H groups in total. The number of halogens is 5. The third kappa shape index (κ3) is 4.37. The van der Waals surface area contributed by atoms with Gasteiger partial charge in [-0.05, 0) is 78.7 Å². The van der Waals surface area contributed by atoms with Crippen LogP contribution in [-0.2, 0) is 14.4 Å². The number of carbonyl (C=O) groups is 2. The molecular formula is C29H30F5NO5. The summed E-state index contributed by atoms with van der Waals surface area (Å²) in [5.41, 5.74) is -0.835. The Hall–Kier alpha value is -3.08. The summed E-state index contributed by atoms with van der Waals surface area (Å²) in [6.45, 7) is 0.772. The van der Waals surface area contributed by atoms with Crippen LogP contribution in [0.5, 0.6) is 0 Å². The predicted molar refractivity (Wildman–Crippen MR) is 134 cm³/mol. The quantitative estimate of drug-likeness (QED) is 0.252. The number of aliphatic hydroxyl groups is 1. The normalized spacial score (nSPS) is 32.4. The van der Waals surface area contributed by atoms with Gasteiger partial charge in [0.2, 0.25) is 6.61 Å². The van der Waals surface area contributed by atoms with Gasteiger partial charge in [-0.2, -0.15) is 22.0 Å². The third-order valence-corrected chi connectivity index (χ3v) is 9.57. The minimum atomic E-state index is -5.90. The van der Waals surface area contributed by atoms with Crippen molar-refractivity contribution in [3.05, 3.63) is 58.2 Å². The molecule has 40 heavy (non-hydrogen) atoms. The monoisotopic (exact) mass is 567 g/mol. The van der Waals surface area contributed by atoms with Gasteiger partial charge in [0.1, 0.15) is 5.60 Å². The van der Waals surface area contributed by atoms with Gasteiger partial charge in [-0.3, -0.25) is 4.79 Å². The predicted octanol–water partition coefficient (Wildman–Crippen LogP) is 5.95. The zero-order valence-electron chi connectivity index (χ0n) is 21.8. The SMILES string of the molecule is C[C@]12C[C@H](c3ccc(/C=N/OCC(=O)O)cc3)C3=C4CCC(=O)C=C4CC[C@H]3[C@@H]1CC[C@@]2(O)C(F)(F)C(F)(F)F. The lowest BCUT2D eigenvalue weighted by Crippen LogP contribution is -2.65. The highest BCUT2D eigenvalue weighted by molar-refractivity contribution is 5.93. The summed E-state index contributed by atoms with van der Waals surface area (Å²) in [4.78, 5) is 27.4. The van der Waals surface area contributed by atoms with Gasteiger partial charge in [0, 0.05) is 17.8 Å². The number of rotatable bonds is 6. The van der Waals surface area contributed by atoms with Crippen molar-refractivity contribution >= 4 is 18.0 Å². The summed E-state index contributed by atoms with van der Waals surface area (Å²) < 4.78 is 71.1. The summed E-state index contributed by atoms with van der Waals surface area (Å²) in [6, 6.07) is 6.82. The molecule has 11 heteroatoms. The number of hydrogen-bond acceptors (Lipinski definition) is 5. The average molecular weight is 568 g/mol. The lowest BCUT2D eigenvalue weighted by atomic mass is 9.50. The number of nitrogens with zero attached hydrogens (tertiary/aromatic N) is 1. The largest absolute Gasteiger partial charge is 0.479 e. The third-order valence-electron chi connectivity index (χ3n) is 9.57. The van der Waals surface area contributed by atoms with Crippen LogP contribution < -0.4 is 0 Å². The molecule has 0 bridgehead atoms. The summed E-state index contributed by atoms with van der Waals surface area (Å²) in [5.74, 6) is -7.86. The van der Waals surface area contributed by atoms with E-state index in [0.717, 1.165) is 16.7 Å². The fourth-order valence-electron chi connectivity index (χ4n) is 7.72. The Balaban J connectivity index is 1.58. The lowest BCUT2D eigenvalue weighted by molar-refractivity contribution is -0.362. The summed E-state index contributed by atoms with van der Waals surface area (Å²) >= 11 is 0. The highest BCUT2D eigenvalue weighted by atomic mass is 19.4. The molecule has 1 aromatic carbocycles. The first-order valence-corrected chi connectivity index (χ1v) is 13.3. The van der Waals surface area contributed by atoms with E-state index in [1.165, 1.54) is 13.1 Å². The van der Waals surface area contributed by atoms with Crippen LogP contribution in [0, 0.1) is 17.3 Å². The molecule has 6 nitrogen and oxygen atoms in total. The summed E-state index contributed by atoms with van der Waals surface area (Å²) in [7, 11) is 0. The molecule has 216 valence electrons. The molecule has 5 atom stereocenters. The number of ketones is 1. The van der Waals surface area contributed by atoms with Crippen molar-refractivity contribution in [3.8, 4) is 0 Å². The number of carboxylic acids is 1. The molecule has 1 aromatic rings. The number of carboxylic acid groups (broad SMARTS) is 1. The Bertz CT molecular complexity index is 1300. The van der Waals surface area contributed by atoms with Gasteiger partial charge in [-0.25, -0.2) is 4.79 Å².